The second-order valence-electron chi connectivity index (χ2n) is 3.97. The molecule has 6 heteroatoms. The summed E-state index contributed by atoms with van der Waals surface area (Å²) in [6, 6.07) is 0. The van der Waals surface area contributed by atoms with Gasteiger partial charge in [-0.25, -0.2) is 0 Å². The number of carboxylic acid groups (broad SMARTS) is 1. The molecule has 0 aromatic carbocycles. The number of aryl methyl sites for hydroxylation is 1. The van der Waals surface area contributed by atoms with Crippen molar-refractivity contribution in [2.24, 2.45) is 0 Å². The van der Waals surface area contributed by atoms with Crippen LogP contribution < -0.4 is 0 Å². The van der Waals surface area contributed by atoms with E-state index in [1.807, 2.05) is 0 Å². The molecule has 0 radical (unpaired) electrons. The minimum absolute atomic E-state index is 0.0331. The first kappa shape index (κ1) is 11.1. The van der Waals surface area contributed by atoms with Crippen LogP contribution in [0.15, 0.2) is 4.42 Å². The third-order valence-corrected chi connectivity index (χ3v) is 2.62. The van der Waals surface area contributed by atoms with Crippen molar-refractivity contribution in [1.29, 1.82) is 0 Å². The van der Waals surface area contributed by atoms with E-state index in [1.54, 1.807) is 0 Å². The van der Waals surface area contributed by atoms with Crippen molar-refractivity contribution in [3.8, 4) is 0 Å². The van der Waals surface area contributed by atoms with Crippen LogP contribution in [0.4, 0.5) is 0 Å². The summed E-state index contributed by atoms with van der Waals surface area (Å²) in [5.74, 6) is 0.151. The number of carbonyl (C=O) groups is 1. The van der Waals surface area contributed by atoms with E-state index < -0.39 is 5.97 Å². The number of rotatable bonds is 5. The van der Waals surface area contributed by atoms with Crippen LogP contribution >= 0.6 is 0 Å². The number of aliphatic carboxylic acids is 1. The molecule has 1 aliphatic rings. The maximum absolute atomic E-state index is 10.4. The van der Waals surface area contributed by atoms with Crippen molar-refractivity contribution >= 4 is 5.97 Å². The van der Waals surface area contributed by atoms with Gasteiger partial charge in [-0.15, -0.1) is 10.2 Å². The Bertz CT molecular complexity index is 358. The Hall–Kier alpha value is -1.43. The fourth-order valence-electron chi connectivity index (χ4n) is 1.80. The topological polar surface area (TPSA) is 79.5 Å². The lowest BCUT2D eigenvalue weighted by Crippen LogP contribution is -2.18. The molecule has 1 aliphatic heterocycles. The van der Waals surface area contributed by atoms with E-state index in [0.717, 1.165) is 13.1 Å². The van der Waals surface area contributed by atoms with Gasteiger partial charge in [0.15, 0.2) is 0 Å². The van der Waals surface area contributed by atoms with E-state index in [2.05, 4.69) is 15.1 Å². The highest BCUT2D eigenvalue weighted by atomic mass is 16.4. The van der Waals surface area contributed by atoms with E-state index in [1.165, 1.54) is 12.8 Å². The van der Waals surface area contributed by atoms with Crippen molar-refractivity contribution < 1.29 is 14.3 Å². The predicted molar refractivity (Wildman–Crippen MR) is 54.8 cm³/mol. The summed E-state index contributed by atoms with van der Waals surface area (Å²) in [6.07, 6.45) is 2.79. The second-order valence-corrected chi connectivity index (χ2v) is 3.97. The molecular formula is C10H15N3O3. The van der Waals surface area contributed by atoms with Gasteiger partial charge in [-0.3, -0.25) is 9.69 Å². The molecule has 2 rings (SSSR count). The van der Waals surface area contributed by atoms with E-state index in [-0.39, 0.29) is 6.42 Å². The quantitative estimate of drug-likeness (QED) is 0.793. The third kappa shape index (κ3) is 3.03. The van der Waals surface area contributed by atoms with Crippen LogP contribution in [0.2, 0.25) is 0 Å². The minimum Gasteiger partial charge on any atom is -0.481 e. The highest BCUT2D eigenvalue weighted by Gasteiger charge is 2.15. The molecule has 16 heavy (non-hydrogen) atoms. The molecular weight excluding hydrogens is 210 g/mol. The van der Waals surface area contributed by atoms with Gasteiger partial charge in [-0.05, 0) is 25.9 Å². The van der Waals surface area contributed by atoms with Crippen LogP contribution in [0.3, 0.4) is 0 Å². The van der Waals surface area contributed by atoms with Gasteiger partial charge in [-0.2, -0.15) is 0 Å². The highest BCUT2D eigenvalue weighted by molar-refractivity contribution is 5.66. The van der Waals surface area contributed by atoms with Gasteiger partial charge < -0.3 is 9.52 Å². The van der Waals surface area contributed by atoms with Crippen molar-refractivity contribution in [1.82, 2.24) is 15.1 Å². The van der Waals surface area contributed by atoms with Crippen molar-refractivity contribution in [3.63, 3.8) is 0 Å². The van der Waals surface area contributed by atoms with E-state index in [0.29, 0.717) is 24.7 Å². The fraction of sp³-hybridized carbons (Fsp3) is 0.700. The number of likely N-dealkylation sites (tertiary alicyclic amines) is 1. The van der Waals surface area contributed by atoms with Crippen LogP contribution in [-0.2, 0) is 17.8 Å². The Balaban J connectivity index is 1.84. The van der Waals surface area contributed by atoms with Crippen LogP contribution in [0, 0.1) is 0 Å². The van der Waals surface area contributed by atoms with Crippen LogP contribution in [0.5, 0.6) is 0 Å². The molecule has 6 nitrogen and oxygen atoms in total. The molecule has 1 fully saturated rings. The molecule has 2 heterocycles. The summed E-state index contributed by atoms with van der Waals surface area (Å²) in [5.41, 5.74) is 0. The Morgan fingerprint density at radius 1 is 1.31 bits per heavy atom. The number of hydrogen-bond acceptors (Lipinski definition) is 5. The Kier molecular flexibility index (Phi) is 3.51. The molecule has 1 aromatic heterocycles. The molecule has 0 unspecified atom stereocenters. The van der Waals surface area contributed by atoms with Gasteiger partial charge in [0, 0.05) is 6.42 Å². The molecule has 0 aliphatic carbocycles. The Morgan fingerprint density at radius 3 is 2.69 bits per heavy atom. The third-order valence-electron chi connectivity index (χ3n) is 2.62. The molecule has 0 amide bonds. The Morgan fingerprint density at radius 2 is 2.00 bits per heavy atom. The van der Waals surface area contributed by atoms with Crippen LogP contribution in [0.1, 0.15) is 31.0 Å². The van der Waals surface area contributed by atoms with Crippen molar-refractivity contribution in [2.45, 2.75) is 32.2 Å². The average molecular weight is 225 g/mol. The summed E-state index contributed by atoms with van der Waals surface area (Å²) < 4.78 is 5.37. The summed E-state index contributed by atoms with van der Waals surface area (Å²) in [7, 11) is 0. The number of aromatic nitrogens is 2. The smallest absolute Gasteiger partial charge is 0.303 e. The van der Waals surface area contributed by atoms with Gasteiger partial charge in [-0.1, -0.05) is 0 Å². The maximum atomic E-state index is 10.4. The zero-order chi connectivity index (χ0) is 11.4. The standard InChI is InChI=1S/C10H15N3O3/c14-10(15)4-3-8-11-12-9(16-8)7-13-5-1-2-6-13/h1-7H2,(H,14,15). The summed E-state index contributed by atoms with van der Waals surface area (Å²) >= 11 is 0. The zero-order valence-electron chi connectivity index (χ0n) is 9.06. The average Bonchev–Trinajstić information content (AvgIpc) is 2.87. The van der Waals surface area contributed by atoms with E-state index >= 15 is 0 Å². The molecule has 1 aromatic rings. The molecule has 0 bridgehead atoms. The Labute approximate surface area is 93.3 Å². The monoisotopic (exact) mass is 225 g/mol. The first-order valence-corrected chi connectivity index (χ1v) is 5.49. The first-order valence-electron chi connectivity index (χ1n) is 5.49. The maximum Gasteiger partial charge on any atom is 0.303 e. The first-order chi connectivity index (χ1) is 7.74. The van der Waals surface area contributed by atoms with Crippen LogP contribution in [0.25, 0.3) is 0 Å². The lowest BCUT2D eigenvalue weighted by Gasteiger charge is -2.10. The van der Waals surface area contributed by atoms with Gasteiger partial charge in [0.1, 0.15) is 0 Å². The van der Waals surface area contributed by atoms with Crippen LogP contribution in [-0.4, -0.2) is 39.3 Å². The number of nitrogens with zero attached hydrogens (tertiary/aromatic N) is 3. The molecule has 1 N–H and O–H groups in total. The van der Waals surface area contributed by atoms with E-state index in [9.17, 15) is 4.79 Å². The van der Waals surface area contributed by atoms with Crippen molar-refractivity contribution in [2.75, 3.05) is 13.1 Å². The van der Waals surface area contributed by atoms with Gasteiger partial charge >= 0.3 is 5.97 Å². The normalized spacial score (nSPS) is 16.8. The molecule has 0 spiro atoms. The number of hydrogen-bond donors (Lipinski definition) is 1. The van der Waals surface area contributed by atoms with Crippen molar-refractivity contribution in [3.05, 3.63) is 11.8 Å². The summed E-state index contributed by atoms with van der Waals surface area (Å²) in [4.78, 5) is 12.6. The van der Waals surface area contributed by atoms with E-state index in [4.69, 9.17) is 9.52 Å². The predicted octanol–water partition coefficient (Wildman–Crippen LogP) is 0.683. The zero-order valence-corrected chi connectivity index (χ0v) is 9.06. The van der Waals surface area contributed by atoms with Gasteiger partial charge in [0.2, 0.25) is 11.8 Å². The fourth-order valence-corrected chi connectivity index (χ4v) is 1.80. The molecule has 1 saturated heterocycles. The summed E-state index contributed by atoms with van der Waals surface area (Å²) in [6.45, 7) is 2.83. The molecule has 0 saturated carbocycles. The SMILES string of the molecule is O=C(O)CCc1nnc(CN2CCCC2)o1. The minimum atomic E-state index is -0.848. The van der Waals surface area contributed by atoms with Gasteiger partial charge in [0.05, 0.1) is 13.0 Å². The van der Waals surface area contributed by atoms with Gasteiger partial charge in [0.25, 0.3) is 0 Å². The molecule has 88 valence electrons. The molecule has 0 atom stereocenters. The lowest BCUT2D eigenvalue weighted by molar-refractivity contribution is -0.137. The lowest BCUT2D eigenvalue weighted by atomic mass is 10.3. The highest BCUT2D eigenvalue weighted by Crippen LogP contribution is 2.12. The summed E-state index contributed by atoms with van der Waals surface area (Å²) in [5, 5.41) is 16.2. The number of carboxylic acids is 1. The largest absolute Gasteiger partial charge is 0.481 e. The second kappa shape index (κ2) is 5.07.